The molecule has 0 aromatic carbocycles. The third-order valence-corrected chi connectivity index (χ3v) is 4.60. The van der Waals surface area contributed by atoms with Crippen LogP contribution in [0.15, 0.2) is 6.33 Å². The molecule has 2 aliphatic rings. The third kappa shape index (κ3) is 4.44. The van der Waals surface area contributed by atoms with Crippen LogP contribution in [-0.2, 0) is 4.74 Å². The summed E-state index contributed by atoms with van der Waals surface area (Å²) in [6.07, 6.45) is 5.20. The fourth-order valence-electron chi connectivity index (χ4n) is 3.16. The molecule has 1 unspecified atom stereocenters. The van der Waals surface area contributed by atoms with E-state index in [2.05, 4.69) is 27.1 Å². The Balaban J connectivity index is 0.00000121. The van der Waals surface area contributed by atoms with Gasteiger partial charge in [0.05, 0.1) is 0 Å². The first-order chi connectivity index (χ1) is 9.74. The topological polar surface area (TPSA) is 50.3 Å². The standard InChI is InChI=1S/C15H24N4O.2ClH/c1-11-12(2)16-10-17-15(11)18-13-3-6-19(9-13)14-4-7-20-8-5-14;;/h10,13-14H,3-9H2,1-2H3,(H,16,17,18);2*1H. The number of rotatable bonds is 3. The van der Waals surface area contributed by atoms with Crippen molar-refractivity contribution in [3.63, 3.8) is 0 Å². The van der Waals surface area contributed by atoms with Crippen LogP contribution in [0.2, 0.25) is 0 Å². The molecule has 2 saturated heterocycles. The van der Waals surface area contributed by atoms with Crippen molar-refractivity contribution < 1.29 is 4.74 Å². The second-order valence-corrected chi connectivity index (χ2v) is 5.90. The number of nitrogens with zero attached hydrogens (tertiary/aromatic N) is 3. The van der Waals surface area contributed by atoms with E-state index in [1.807, 2.05) is 6.92 Å². The number of likely N-dealkylation sites (tertiary alicyclic amines) is 1. The largest absolute Gasteiger partial charge is 0.381 e. The van der Waals surface area contributed by atoms with Crippen LogP contribution in [0.1, 0.15) is 30.5 Å². The molecule has 3 heterocycles. The van der Waals surface area contributed by atoms with E-state index < -0.39 is 0 Å². The van der Waals surface area contributed by atoms with Gasteiger partial charge in [0.2, 0.25) is 0 Å². The van der Waals surface area contributed by atoms with Crippen LogP contribution in [0.5, 0.6) is 0 Å². The van der Waals surface area contributed by atoms with E-state index in [1.54, 1.807) is 6.33 Å². The van der Waals surface area contributed by atoms with Crippen LogP contribution >= 0.6 is 24.8 Å². The molecule has 0 saturated carbocycles. The summed E-state index contributed by atoms with van der Waals surface area (Å²) in [6.45, 7) is 8.26. The van der Waals surface area contributed by atoms with Gasteiger partial charge in [-0.2, -0.15) is 0 Å². The van der Waals surface area contributed by atoms with Crippen LogP contribution in [0.25, 0.3) is 0 Å². The number of hydrogen-bond acceptors (Lipinski definition) is 5. The normalized spacial score (nSPS) is 22.7. The lowest BCUT2D eigenvalue weighted by Gasteiger charge is -2.31. The molecule has 1 N–H and O–H groups in total. The number of hydrogen-bond donors (Lipinski definition) is 1. The number of ether oxygens (including phenoxy) is 1. The fraction of sp³-hybridized carbons (Fsp3) is 0.733. The monoisotopic (exact) mass is 348 g/mol. The first-order valence-electron chi connectivity index (χ1n) is 7.60. The number of anilines is 1. The molecule has 126 valence electrons. The SMILES string of the molecule is Cc1ncnc(NC2CCN(C3CCOCC3)C2)c1C.Cl.Cl. The van der Waals surface area contributed by atoms with Gasteiger partial charge in [0.1, 0.15) is 12.1 Å². The van der Waals surface area contributed by atoms with Crippen molar-refractivity contribution in [2.45, 2.75) is 45.2 Å². The minimum Gasteiger partial charge on any atom is -0.381 e. The number of nitrogens with one attached hydrogen (secondary N) is 1. The van der Waals surface area contributed by atoms with Gasteiger partial charge in [0.15, 0.2) is 0 Å². The summed E-state index contributed by atoms with van der Waals surface area (Å²) < 4.78 is 5.45. The molecule has 0 aliphatic carbocycles. The van der Waals surface area contributed by atoms with Crippen molar-refractivity contribution in [3.05, 3.63) is 17.6 Å². The lowest BCUT2D eigenvalue weighted by molar-refractivity contribution is 0.0421. The Morgan fingerprint density at radius 2 is 1.86 bits per heavy atom. The summed E-state index contributed by atoms with van der Waals surface area (Å²) in [5, 5.41) is 3.60. The van der Waals surface area contributed by atoms with Gasteiger partial charge in [0.25, 0.3) is 0 Å². The smallest absolute Gasteiger partial charge is 0.132 e. The molecular weight excluding hydrogens is 323 g/mol. The van der Waals surface area contributed by atoms with E-state index in [0.717, 1.165) is 36.8 Å². The van der Waals surface area contributed by atoms with Gasteiger partial charge in [-0.05, 0) is 33.1 Å². The van der Waals surface area contributed by atoms with Gasteiger partial charge in [0, 0.05) is 49.6 Å². The lowest BCUT2D eigenvalue weighted by Crippen LogP contribution is -2.39. The molecule has 5 nitrogen and oxygen atoms in total. The van der Waals surface area contributed by atoms with E-state index >= 15 is 0 Å². The average Bonchev–Trinajstić information content (AvgIpc) is 2.93. The van der Waals surface area contributed by atoms with E-state index in [0.29, 0.717) is 12.1 Å². The van der Waals surface area contributed by atoms with E-state index in [4.69, 9.17) is 4.74 Å². The van der Waals surface area contributed by atoms with Gasteiger partial charge in [-0.1, -0.05) is 0 Å². The maximum atomic E-state index is 5.45. The highest BCUT2D eigenvalue weighted by Gasteiger charge is 2.29. The summed E-state index contributed by atoms with van der Waals surface area (Å²) in [7, 11) is 0. The molecule has 1 aromatic rings. The Labute approximate surface area is 145 Å². The molecule has 0 radical (unpaired) electrons. The molecule has 0 spiro atoms. The Kier molecular flexibility index (Phi) is 7.83. The van der Waals surface area contributed by atoms with Crippen molar-refractivity contribution in [2.75, 3.05) is 31.6 Å². The molecule has 2 aliphatic heterocycles. The molecule has 1 aromatic heterocycles. The van der Waals surface area contributed by atoms with Crippen molar-refractivity contribution in [3.8, 4) is 0 Å². The fourth-order valence-corrected chi connectivity index (χ4v) is 3.16. The molecule has 0 bridgehead atoms. The van der Waals surface area contributed by atoms with Crippen molar-refractivity contribution in [2.24, 2.45) is 0 Å². The first-order valence-corrected chi connectivity index (χ1v) is 7.60. The predicted molar refractivity (Wildman–Crippen MR) is 93.4 cm³/mol. The van der Waals surface area contributed by atoms with Gasteiger partial charge in [-0.15, -0.1) is 24.8 Å². The molecule has 3 rings (SSSR count). The van der Waals surface area contributed by atoms with E-state index in [-0.39, 0.29) is 24.8 Å². The minimum absolute atomic E-state index is 0. The zero-order chi connectivity index (χ0) is 13.9. The van der Waals surface area contributed by atoms with Crippen molar-refractivity contribution in [1.82, 2.24) is 14.9 Å². The summed E-state index contributed by atoms with van der Waals surface area (Å²) >= 11 is 0. The molecule has 2 fully saturated rings. The highest BCUT2D eigenvalue weighted by Crippen LogP contribution is 2.23. The van der Waals surface area contributed by atoms with Crippen LogP contribution in [0.4, 0.5) is 5.82 Å². The summed E-state index contributed by atoms with van der Waals surface area (Å²) in [6, 6.07) is 1.22. The molecule has 0 amide bonds. The molecular formula is C15H26Cl2N4O. The Morgan fingerprint density at radius 3 is 2.59 bits per heavy atom. The number of aromatic nitrogens is 2. The van der Waals surface area contributed by atoms with Crippen molar-refractivity contribution >= 4 is 30.6 Å². The number of halogens is 2. The Morgan fingerprint density at radius 1 is 1.14 bits per heavy atom. The van der Waals surface area contributed by atoms with Crippen LogP contribution in [0, 0.1) is 13.8 Å². The van der Waals surface area contributed by atoms with Gasteiger partial charge < -0.3 is 10.1 Å². The Bertz CT molecular complexity index is 469. The lowest BCUT2D eigenvalue weighted by atomic mass is 10.1. The van der Waals surface area contributed by atoms with Crippen LogP contribution in [-0.4, -0.2) is 53.3 Å². The first kappa shape index (κ1) is 19.4. The maximum Gasteiger partial charge on any atom is 0.132 e. The van der Waals surface area contributed by atoms with Crippen LogP contribution in [0.3, 0.4) is 0 Å². The highest BCUT2D eigenvalue weighted by molar-refractivity contribution is 5.85. The molecule has 1 atom stereocenters. The molecule has 22 heavy (non-hydrogen) atoms. The summed E-state index contributed by atoms with van der Waals surface area (Å²) in [4.78, 5) is 11.2. The zero-order valence-electron chi connectivity index (χ0n) is 13.2. The highest BCUT2D eigenvalue weighted by atomic mass is 35.5. The zero-order valence-corrected chi connectivity index (χ0v) is 14.9. The van der Waals surface area contributed by atoms with E-state index in [1.165, 1.54) is 25.8 Å². The average molecular weight is 349 g/mol. The predicted octanol–water partition coefficient (Wildman–Crippen LogP) is 2.60. The van der Waals surface area contributed by atoms with Gasteiger partial charge in [-0.3, -0.25) is 4.90 Å². The van der Waals surface area contributed by atoms with Crippen molar-refractivity contribution in [1.29, 1.82) is 0 Å². The second kappa shape index (κ2) is 8.87. The third-order valence-electron chi connectivity index (χ3n) is 4.60. The minimum atomic E-state index is 0. The second-order valence-electron chi connectivity index (χ2n) is 5.90. The maximum absolute atomic E-state index is 5.45. The van der Waals surface area contributed by atoms with Gasteiger partial charge in [-0.25, -0.2) is 9.97 Å². The number of aryl methyl sites for hydroxylation is 1. The summed E-state index contributed by atoms with van der Waals surface area (Å²) in [5.74, 6) is 0.997. The quantitative estimate of drug-likeness (QED) is 0.909. The molecule has 7 heteroatoms. The Hall–Kier alpha value is -0.620. The summed E-state index contributed by atoms with van der Waals surface area (Å²) in [5.41, 5.74) is 2.22. The van der Waals surface area contributed by atoms with Gasteiger partial charge >= 0.3 is 0 Å². The van der Waals surface area contributed by atoms with Crippen LogP contribution < -0.4 is 5.32 Å². The van der Waals surface area contributed by atoms with E-state index in [9.17, 15) is 0 Å².